The molecule has 2 rings (SSSR count). The van der Waals surface area contributed by atoms with Crippen LogP contribution in [-0.4, -0.2) is 26.3 Å². The van der Waals surface area contributed by atoms with Crippen molar-refractivity contribution in [1.82, 2.24) is 9.55 Å². The summed E-state index contributed by atoms with van der Waals surface area (Å²) in [4.78, 5) is 6.21. The smallest absolute Gasteiger partial charge is 0.172 e. The lowest BCUT2D eigenvalue weighted by Crippen LogP contribution is -2.15. The summed E-state index contributed by atoms with van der Waals surface area (Å²) in [6, 6.07) is 5.90. The Kier molecular flexibility index (Phi) is 4.97. The second-order valence-corrected chi connectivity index (χ2v) is 6.29. The van der Waals surface area contributed by atoms with Gasteiger partial charge in [0.05, 0.1) is 0 Å². The molecule has 0 amide bonds. The zero-order chi connectivity index (χ0) is 14.5. The average molecular weight is 308 g/mol. The lowest BCUT2D eigenvalue weighted by atomic mass is 10.2. The molecule has 2 aromatic rings. The van der Waals surface area contributed by atoms with E-state index in [9.17, 15) is 0 Å². The summed E-state index contributed by atoms with van der Waals surface area (Å²) in [5.74, 6) is 1.04. The van der Waals surface area contributed by atoms with Crippen molar-refractivity contribution >= 4 is 29.4 Å². The third-order valence-corrected chi connectivity index (χ3v) is 4.71. The number of hydrogen-bond donors (Lipinski definition) is 2. The van der Waals surface area contributed by atoms with Crippen molar-refractivity contribution in [2.75, 3.05) is 5.75 Å². The Morgan fingerprint density at radius 2 is 2.20 bits per heavy atom. The number of thioether (sulfide) groups is 1. The third-order valence-electron chi connectivity index (χ3n) is 2.63. The van der Waals surface area contributed by atoms with E-state index < -0.39 is 0 Å². The number of oxime groups is 1. The zero-order valence-corrected chi connectivity index (χ0v) is 12.9. The Hall–Kier alpha value is -1.60. The molecule has 0 fully saturated rings. The van der Waals surface area contributed by atoms with E-state index in [1.165, 1.54) is 11.8 Å². The van der Waals surface area contributed by atoms with E-state index in [1.807, 2.05) is 36.0 Å². The molecule has 0 spiro atoms. The molecule has 0 aliphatic rings. The maximum atomic E-state index is 9.01. The fourth-order valence-corrected chi connectivity index (χ4v) is 3.61. The molecule has 20 heavy (non-hydrogen) atoms. The van der Waals surface area contributed by atoms with Crippen molar-refractivity contribution in [1.29, 1.82) is 0 Å². The summed E-state index contributed by atoms with van der Waals surface area (Å²) in [6.07, 6.45) is 3.63. The Morgan fingerprint density at radius 1 is 1.45 bits per heavy atom. The molecule has 0 saturated carbocycles. The van der Waals surface area contributed by atoms with E-state index in [-0.39, 0.29) is 5.84 Å². The van der Waals surface area contributed by atoms with Crippen molar-refractivity contribution < 1.29 is 5.21 Å². The Bertz CT molecular complexity index is 625. The first kappa shape index (κ1) is 14.8. The predicted molar refractivity (Wildman–Crippen MR) is 82.7 cm³/mol. The van der Waals surface area contributed by atoms with E-state index in [1.54, 1.807) is 18.0 Å². The normalized spacial score (nSPS) is 11.8. The van der Waals surface area contributed by atoms with Crippen LogP contribution in [0.2, 0.25) is 0 Å². The van der Waals surface area contributed by atoms with E-state index in [4.69, 9.17) is 10.9 Å². The van der Waals surface area contributed by atoms with Gasteiger partial charge in [-0.05, 0) is 17.9 Å². The van der Waals surface area contributed by atoms with Gasteiger partial charge in [-0.15, -0.1) is 11.8 Å². The predicted octanol–water partition coefficient (Wildman–Crippen LogP) is 2.78. The van der Waals surface area contributed by atoms with Gasteiger partial charge in [0.1, 0.15) is 0 Å². The van der Waals surface area contributed by atoms with Crippen molar-refractivity contribution in [3.8, 4) is 0 Å². The number of nitrogens with two attached hydrogens (primary N) is 1. The van der Waals surface area contributed by atoms with Gasteiger partial charge in [0.25, 0.3) is 0 Å². The molecular weight excluding hydrogens is 292 g/mol. The molecule has 0 aliphatic heterocycles. The molecule has 1 heterocycles. The minimum atomic E-state index is 0.123. The second kappa shape index (κ2) is 6.71. The Balaban J connectivity index is 2.46. The molecule has 1 aromatic carbocycles. The number of aromatic nitrogens is 2. The van der Waals surface area contributed by atoms with Crippen molar-refractivity contribution in [3.05, 3.63) is 36.2 Å². The number of aryl methyl sites for hydroxylation is 1. The average Bonchev–Trinajstić information content (AvgIpc) is 2.84. The Labute approximate surface area is 126 Å². The number of rotatable bonds is 5. The van der Waals surface area contributed by atoms with Crippen LogP contribution in [0, 0.1) is 0 Å². The summed E-state index contributed by atoms with van der Waals surface area (Å²) in [6.45, 7) is 2.07. The maximum absolute atomic E-state index is 9.01. The minimum absolute atomic E-state index is 0.123. The summed E-state index contributed by atoms with van der Waals surface area (Å²) in [5, 5.41) is 13.0. The molecule has 0 aliphatic carbocycles. The molecule has 5 nitrogen and oxygen atoms in total. The second-order valence-electron chi connectivity index (χ2n) is 3.97. The number of amidine groups is 1. The highest BCUT2D eigenvalue weighted by atomic mass is 32.2. The van der Waals surface area contributed by atoms with Gasteiger partial charge in [-0.2, -0.15) is 0 Å². The number of hydrogen-bond acceptors (Lipinski definition) is 5. The zero-order valence-electron chi connectivity index (χ0n) is 11.3. The number of imidazole rings is 1. The molecule has 106 valence electrons. The summed E-state index contributed by atoms with van der Waals surface area (Å²) in [5.41, 5.74) is 6.60. The van der Waals surface area contributed by atoms with Crippen molar-refractivity contribution in [3.63, 3.8) is 0 Å². The molecule has 7 heteroatoms. The van der Waals surface area contributed by atoms with Crippen LogP contribution < -0.4 is 5.73 Å². The quantitative estimate of drug-likeness (QED) is 0.292. The van der Waals surface area contributed by atoms with Crippen LogP contribution >= 0.6 is 23.5 Å². The van der Waals surface area contributed by atoms with E-state index in [0.29, 0.717) is 0 Å². The lowest BCUT2D eigenvalue weighted by Gasteiger charge is -2.12. The first-order valence-corrected chi connectivity index (χ1v) is 7.86. The molecule has 0 saturated heterocycles. The van der Waals surface area contributed by atoms with Gasteiger partial charge in [-0.3, -0.25) is 0 Å². The van der Waals surface area contributed by atoms with Gasteiger partial charge in [0.2, 0.25) is 0 Å². The summed E-state index contributed by atoms with van der Waals surface area (Å²) < 4.78 is 1.93. The van der Waals surface area contributed by atoms with Crippen molar-refractivity contribution in [2.24, 2.45) is 17.9 Å². The van der Waals surface area contributed by atoms with Crippen LogP contribution in [-0.2, 0) is 7.05 Å². The highest BCUT2D eigenvalue weighted by molar-refractivity contribution is 8.00. The van der Waals surface area contributed by atoms with Crippen LogP contribution in [0.3, 0.4) is 0 Å². The molecule has 0 unspecified atom stereocenters. The first-order valence-electron chi connectivity index (χ1n) is 6.06. The molecular formula is C13H16N4OS2. The molecule has 0 radical (unpaired) electrons. The Morgan fingerprint density at radius 3 is 2.80 bits per heavy atom. The minimum Gasteiger partial charge on any atom is -0.409 e. The van der Waals surface area contributed by atoms with E-state index >= 15 is 0 Å². The SMILES string of the molecule is CCSc1cccc(Sc2nccn2C)c1/C(N)=N/O. The molecule has 3 N–H and O–H groups in total. The van der Waals surface area contributed by atoms with Gasteiger partial charge in [0.15, 0.2) is 11.0 Å². The van der Waals surface area contributed by atoms with Crippen molar-refractivity contribution in [2.45, 2.75) is 21.9 Å². The molecule has 1 aromatic heterocycles. The molecule has 0 bridgehead atoms. The fourth-order valence-electron chi connectivity index (χ4n) is 1.72. The summed E-state index contributed by atoms with van der Waals surface area (Å²) >= 11 is 3.16. The highest BCUT2D eigenvalue weighted by Crippen LogP contribution is 2.34. The van der Waals surface area contributed by atoms with E-state index in [0.717, 1.165) is 26.3 Å². The maximum Gasteiger partial charge on any atom is 0.172 e. The summed E-state index contributed by atoms with van der Waals surface area (Å²) in [7, 11) is 1.93. The largest absolute Gasteiger partial charge is 0.409 e. The van der Waals surface area contributed by atoms with Crippen LogP contribution in [0.15, 0.2) is 50.7 Å². The van der Waals surface area contributed by atoms with Gasteiger partial charge < -0.3 is 15.5 Å². The fraction of sp³-hybridized carbons (Fsp3) is 0.231. The van der Waals surface area contributed by atoms with Crippen LogP contribution in [0.1, 0.15) is 12.5 Å². The lowest BCUT2D eigenvalue weighted by molar-refractivity contribution is 0.318. The van der Waals surface area contributed by atoms with Gasteiger partial charge in [0, 0.05) is 34.8 Å². The van der Waals surface area contributed by atoms with Crippen LogP contribution in [0.4, 0.5) is 0 Å². The van der Waals surface area contributed by atoms with Gasteiger partial charge in [-0.1, -0.05) is 29.9 Å². The van der Waals surface area contributed by atoms with Crippen LogP contribution in [0.5, 0.6) is 0 Å². The highest BCUT2D eigenvalue weighted by Gasteiger charge is 2.15. The van der Waals surface area contributed by atoms with Gasteiger partial charge >= 0.3 is 0 Å². The topological polar surface area (TPSA) is 76.4 Å². The number of benzene rings is 1. The van der Waals surface area contributed by atoms with Gasteiger partial charge in [-0.25, -0.2) is 4.98 Å². The van der Waals surface area contributed by atoms with Crippen LogP contribution in [0.25, 0.3) is 0 Å². The molecule has 0 atom stereocenters. The first-order chi connectivity index (χ1) is 9.67. The van der Waals surface area contributed by atoms with E-state index in [2.05, 4.69) is 17.1 Å². The number of nitrogens with zero attached hydrogens (tertiary/aromatic N) is 3. The monoisotopic (exact) mass is 308 g/mol. The third kappa shape index (κ3) is 3.10. The standard InChI is InChI=1S/C13H16N4OS2/c1-3-19-9-5-4-6-10(11(9)12(14)16-18)20-13-15-7-8-17(13)2/h4-8,18H,3H2,1-2H3,(H2,14,16).